The molecule has 0 atom stereocenters. The van der Waals surface area contributed by atoms with Gasteiger partial charge in [-0.05, 0) is 42.8 Å². The van der Waals surface area contributed by atoms with E-state index in [2.05, 4.69) is 15.6 Å². The zero-order valence-corrected chi connectivity index (χ0v) is 18.0. The van der Waals surface area contributed by atoms with Crippen molar-refractivity contribution in [1.29, 1.82) is 0 Å². The van der Waals surface area contributed by atoms with Crippen LogP contribution in [0.1, 0.15) is 36.3 Å². The van der Waals surface area contributed by atoms with Crippen LogP contribution in [0.15, 0.2) is 42.5 Å². The Hall–Kier alpha value is -3.92. The number of nitrogens with zero attached hydrogens (tertiary/aromatic N) is 2. The number of benzene rings is 2. The minimum Gasteiger partial charge on any atom is -0.478 e. The first-order valence-electron chi connectivity index (χ1n) is 9.86. The van der Waals surface area contributed by atoms with E-state index in [1.807, 2.05) is 0 Å². The number of para-hydroxylation sites is 2. The van der Waals surface area contributed by atoms with Gasteiger partial charge in [-0.15, -0.1) is 11.3 Å². The summed E-state index contributed by atoms with van der Waals surface area (Å²) in [7, 11) is 0. The second kappa shape index (κ2) is 8.67. The Morgan fingerprint density at radius 1 is 1.16 bits per heavy atom. The number of rotatable bonds is 4. The Balaban J connectivity index is 1.42. The first-order chi connectivity index (χ1) is 15.3. The Morgan fingerprint density at radius 3 is 2.66 bits per heavy atom. The monoisotopic (exact) mass is 451 g/mol. The van der Waals surface area contributed by atoms with Gasteiger partial charge in [0.2, 0.25) is 0 Å². The van der Waals surface area contributed by atoms with Crippen molar-refractivity contribution in [1.82, 2.24) is 9.88 Å². The molecule has 0 aliphatic carbocycles. The van der Waals surface area contributed by atoms with Crippen LogP contribution in [0.3, 0.4) is 0 Å². The second-order valence-corrected chi connectivity index (χ2v) is 8.45. The van der Waals surface area contributed by atoms with Crippen LogP contribution in [0.2, 0.25) is 0 Å². The fourth-order valence-corrected chi connectivity index (χ4v) is 4.46. The van der Waals surface area contributed by atoms with Gasteiger partial charge in [-0.1, -0.05) is 12.1 Å². The first-order valence-corrected chi connectivity index (χ1v) is 10.7. The number of nitrogens with one attached hydrogen (secondary N) is 2. The zero-order valence-electron chi connectivity index (χ0n) is 17.2. The quantitative estimate of drug-likeness (QED) is 0.448. The lowest BCUT2D eigenvalue weighted by molar-refractivity contribution is 0.0696. The fraction of sp³-hybridized carbons (Fsp3) is 0.182. The summed E-state index contributed by atoms with van der Waals surface area (Å²) in [5, 5.41) is 15.0. The van der Waals surface area contributed by atoms with Crippen molar-refractivity contribution in [2.45, 2.75) is 19.9 Å². The van der Waals surface area contributed by atoms with Gasteiger partial charge < -0.3 is 26.4 Å². The SMILES string of the molecule is Cc1cc(NC(=O)N2CCc3nc(C(=O)Nc4ccccc4N)sc3C2)ccc1C(=O)O. The molecule has 0 unspecified atom stereocenters. The molecule has 9 nitrogen and oxygen atoms in total. The van der Waals surface area contributed by atoms with Crippen LogP contribution in [-0.2, 0) is 13.0 Å². The summed E-state index contributed by atoms with van der Waals surface area (Å²) < 4.78 is 0. The van der Waals surface area contributed by atoms with E-state index in [-0.39, 0.29) is 17.5 Å². The lowest BCUT2D eigenvalue weighted by atomic mass is 10.1. The molecule has 3 aromatic rings. The summed E-state index contributed by atoms with van der Waals surface area (Å²) in [5.74, 6) is -1.35. The number of nitrogen functional groups attached to an aromatic ring is 1. The molecular formula is C22H21N5O4S. The van der Waals surface area contributed by atoms with E-state index in [1.54, 1.807) is 48.2 Å². The van der Waals surface area contributed by atoms with E-state index in [9.17, 15) is 14.4 Å². The topological polar surface area (TPSA) is 138 Å². The molecule has 32 heavy (non-hydrogen) atoms. The Labute approximate surface area is 187 Å². The van der Waals surface area contributed by atoms with Gasteiger partial charge in [-0.25, -0.2) is 14.6 Å². The number of nitrogens with two attached hydrogens (primary N) is 1. The number of carboxylic acid groups (broad SMARTS) is 1. The van der Waals surface area contributed by atoms with Crippen molar-refractivity contribution < 1.29 is 19.5 Å². The molecule has 10 heteroatoms. The molecule has 3 amide bonds. The highest BCUT2D eigenvalue weighted by molar-refractivity contribution is 7.13. The molecule has 1 aliphatic rings. The van der Waals surface area contributed by atoms with Crippen molar-refractivity contribution in [3.63, 3.8) is 0 Å². The highest BCUT2D eigenvalue weighted by Gasteiger charge is 2.26. The van der Waals surface area contributed by atoms with Crippen LogP contribution in [0.4, 0.5) is 21.9 Å². The van der Waals surface area contributed by atoms with Crippen molar-refractivity contribution >= 4 is 46.3 Å². The molecule has 0 spiro atoms. The largest absolute Gasteiger partial charge is 0.478 e. The molecule has 2 aromatic carbocycles. The predicted molar refractivity (Wildman–Crippen MR) is 122 cm³/mol. The number of hydrogen-bond donors (Lipinski definition) is 4. The number of carbonyl (C=O) groups excluding carboxylic acids is 2. The van der Waals surface area contributed by atoms with Crippen molar-refractivity contribution in [2.75, 3.05) is 22.9 Å². The number of fused-ring (bicyclic) bond motifs is 1. The lowest BCUT2D eigenvalue weighted by Crippen LogP contribution is -2.38. The molecule has 0 saturated heterocycles. The highest BCUT2D eigenvalue weighted by atomic mass is 32.1. The average molecular weight is 452 g/mol. The van der Waals surface area contributed by atoms with Gasteiger partial charge in [0.05, 0.1) is 29.2 Å². The molecule has 5 N–H and O–H groups in total. The number of hydrogen-bond acceptors (Lipinski definition) is 6. The molecule has 1 aliphatic heterocycles. The maximum Gasteiger partial charge on any atom is 0.335 e. The van der Waals surface area contributed by atoms with Gasteiger partial charge in [0, 0.05) is 23.5 Å². The van der Waals surface area contributed by atoms with Gasteiger partial charge in [-0.3, -0.25) is 4.79 Å². The van der Waals surface area contributed by atoms with Crippen LogP contribution in [0.25, 0.3) is 0 Å². The van der Waals surface area contributed by atoms with Gasteiger partial charge in [0.25, 0.3) is 5.91 Å². The van der Waals surface area contributed by atoms with E-state index in [0.717, 1.165) is 10.6 Å². The summed E-state index contributed by atoms with van der Waals surface area (Å²) in [6, 6.07) is 11.4. The minimum absolute atomic E-state index is 0.193. The van der Waals surface area contributed by atoms with Crippen LogP contribution >= 0.6 is 11.3 Å². The first kappa shape index (κ1) is 21.3. The van der Waals surface area contributed by atoms with Gasteiger partial charge in [0.1, 0.15) is 0 Å². The summed E-state index contributed by atoms with van der Waals surface area (Å²) in [5.41, 5.74) is 8.96. The number of urea groups is 1. The molecule has 2 heterocycles. The van der Waals surface area contributed by atoms with E-state index in [0.29, 0.717) is 47.1 Å². The Bertz CT molecular complexity index is 1220. The molecule has 0 radical (unpaired) electrons. The number of carboxylic acids is 1. The van der Waals surface area contributed by atoms with Gasteiger partial charge in [0.15, 0.2) is 5.01 Å². The Morgan fingerprint density at radius 2 is 1.94 bits per heavy atom. The van der Waals surface area contributed by atoms with Crippen LogP contribution in [0, 0.1) is 6.92 Å². The third-order valence-electron chi connectivity index (χ3n) is 5.13. The summed E-state index contributed by atoms with van der Waals surface area (Å²) >= 11 is 1.25. The molecular weight excluding hydrogens is 430 g/mol. The van der Waals surface area contributed by atoms with Crippen LogP contribution in [0.5, 0.6) is 0 Å². The van der Waals surface area contributed by atoms with E-state index >= 15 is 0 Å². The van der Waals surface area contributed by atoms with Crippen LogP contribution < -0.4 is 16.4 Å². The van der Waals surface area contributed by atoms with Crippen molar-refractivity contribution in [2.24, 2.45) is 0 Å². The number of thiazole rings is 1. The third-order valence-corrected chi connectivity index (χ3v) is 6.21. The second-order valence-electron chi connectivity index (χ2n) is 7.37. The smallest absolute Gasteiger partial charge is 0.335 e. The zero-order chi connectivity index (χ0) is 22.8. The molecule has 4 rings (SSSR count). The maximum absolute atomic E-state index is 12.7. The number of aromatic nitrogens is 1. The summed E-state index contributed by atoms with van der Waals surface area (Å²) in [6.07, 6.45) is 0.539. The summed E-state index contributed by atoms with van der Waals surface area (Å²) in [4.78, 5) is 43.4. The summed E-state index contributed by atoms with van der Waals surface area (Å²) in [6.45, 7) is 2.48. The van der Waals surface area contributed by atoms with E-state index in [1.165, 1.54) is 17.4 Å². The number of aromatic carboxylic acids is 1. The van der Waals surface area contributed by atoms with Crippen molar-refractivity contribution in [3.8, 4) is 0 Å². The molecule has 1 aromatic heterocycles. The normalized spacial score (nSPS) is 12.7. The molecule has 0 bridgehead atoms. The minimum atomic E-state index is -1.01. The average Bonchev–Trinajstić information content (AvgIpc) is 3.18. The van der Waals surface area contributed by atoms with Gasteiger partial charge >= 0.3 is 12.0 Å². The Kier molecular flexibility index (Phi) is 5.78. The van der Waals surface area contributed by atoms with E-state index < -0.39 is 5.97 Å². The number of anilines is 3. The van der Waals surface area contributed by atoms with Crippen molar-refractivity contribution in [3.05, 3.63) is 69.2 Å². The fourth-order valence-electron chi connectivity index (χ4n) is 3.44. The standard InChI is InChI=1S/C22H21N5O4S/c1-12-10-13(6-7-14(12)21(29)30)24-22(31)27-9-8-17-18(11-27)32-20(26-17)19(28)25-16-5-3-2-4-15(16)23/h2-7,10H,8-9,11,23H2,1H3,(H,24,31)(H,25,28)(H,29,30). The lowest BCUT2D eigenvalue weighted by Gasteiger charge is -2.26. The number of aryl methyl sites for hydroxylation is 1. The van der Waals surface area contributed by atoms with Crippen LogP contribution in [-0.4, -0.2) is 39.4 Å². The number of amides is 3. The van der Waals surface area contributed by atoms with E-state index in [4.69, 9.17) is 10.8 Å². The molecule has 0 saturated carbocycles. The predicted octanol–water partition coefficient (Wildman–Crippen LogP) is 3.57. The van der Waals surface area contributed by atoms with Gasteiger partial charge in [-0.2, -0.15) is 0 Å². The third kappa shape index (κ3) is 4.40. The molecule has 0 fully saturated rings. The highest BCUT2D eigenvalue weighted by Crippen LogP contribution is 2.27. The number of carbonyl (C=O) groups is 3. The maximum atomic E-state index is 12.7. The molecule has 164 valence electrons.